The van der Waals surface area contributed by atoms with Crippen LogP contribution < -0.4 is 0 Å². The maximum Gasteiger partial charge on any atom is 0.230 e. The van der Waals surface area contributed by atoms with Gasteiger partial charge in [0.25, 0.3) is 0 Å². The Labute approximate surface area is 429 Å². The zero-order valence-corrected chi connectivity index (χ0v) is 38.3. The molecule has 0 aliphatic carbocycles. The first-order chi connectivity index (χ1) is 35.9. The Bertz CT molecular complexity index is 3400. The van der Waals surface area contributed by atoms with E-state index in [0.29, 0.717) is 0 Å². The third kappa shape index (κ3) is 8.01. The van der Waals surface area contributed by atoms with Crippen molar-refractivity contribution in [3.63, 3.8) is 0 Å². The molecule has 0 saturated carbocycles. The summed E-state index contributed by atoms with van der Waals surface area (Å²) in [6.45, 7) is -2.88. The Balaban J connectivity index is 2.05. The maximum atomic E-state index is 15.9. The van der Waals surface area contributed by atoms with Crippen LogP contribution in [0.4, 0.5) is 0 Å². The van der Waals surface area contributed by atoms with Gasteiger partial charge in [-0.1, -0.05) is 0 Å². The van der Waals surface area contributed by atoms with Crippen LogP contribution >= 0.6 is 0 Å². The van der Waals surface area contributed by atoms with Crippen LogP contribution in [0.15, 0.2) is 72.8 Å². The van der Waals surface area contributed by atoms with Crippen molar-refractivity contribution in [1.29, 1.82) is 0 Å². The molecule has 410 valence electrons. The number of aliphatic hydroxyl groups excluding tert-OH is 1. The third-order valence-corrected chi connectivity index (χ3v) is 12.4. The molecule has 0 spiro atoms. The number of rotatable bonds is 17. The van der Waals surface area contributed by atoms with Crippen molar-refractivity contribution >= 4 is 34.7 Å². The van der Waals surface area contributed by atoms with Gasteiger partial charge in [0.2, 0.25) is 57.1 Å². The summed E-state index contributed by atoms with van der Waals surface area (Å²) in [5, 5.41) is 267. The number of hydrogen-bond donors (Lipinski definition) is 24. The van der Waals surface area contributed by atoms with Gasteiger partial charge in [0.1, 0.15) is 0 Å². The van der Waals surface area contributed by atoms with Crippen molar-refractivity contribution in [2.75, 3.05) is 6.61 Å². The van der Waals surface area contributed by atoms with Gasteiger partial charge in [0.05, 0.1) is 6.61 Å². The molecule has 30 heteroatoms. The van der Waals surface area contributed by atoms with Crippen LogP contribution in [0.3, 0.4) is 0 Å². The van der Waals surface area contributed by atoms with E-state index in [1.165, 1.54) is 0 Å². The Morgan fingerprint density at radius 2 is 0.423 bits per heavy atom. The molecule has 0 amide bonds. The van der Waals surface area contributed by atoms with Crippen molar-refractivity contribution in [1.82, 2.24) is 0 Å². The number of aliphatic hydroxyl groups is 6. The minimum absolute atomic E-state index is 0.00563. The third-order valence-electron chi connectivity index (χ3n) is 12.4. The molecule has 0 aliphatic heterocycles. The molecular weight excluding hydrogens is 1060 g/mol. The van der Waals surface area contributed by atoms with E-state index >= 15 is 24.0 Å². The number of Topliss-reactive ketones (excluding diaryl/α,β-unsaturated/α-hetero) is 6. The molecular formula is C48H38O30. The number of ketones is 6. The zero-order valence-electron chi connectivity index (χ0n) is 38.3. The fraction of sp³-hybridized carbons (Fsp3) is 0.125. The van der Waals surface area contributed by atoms with Gasteiger partial charge in [-0.25, -0.2) is 0 Å². The average molecular weight is 1090 g/mol. The summed E-state index contributed by atoms with van der Waals surface area (Å²) in [5.74, 6) is -48.2. The number of aromatic hydroxyl groups is 18. The highest BCUT2D eigenvalue weighted by Gasteiger charge is 2.86. The number of carbonyl (C=O) groups is 6. The Morgan fingerprint density at radius 3 is 0.628 bits per heavy atom. The fourth-order valence-electron chi connectivity index (χ4n) is 8.31. The lowest BCUT2D eigenvalue weighted by Crippen LogP contribution is -2.90. The quantitative estimate of drug-likeness (QED) is 0.0285. The SMILES string of the molecule is O=C(c1cc(O)c(O)c(O)c1)C(O)(C(=O)c1cc(O)c(O)c(O)c1)[C@](O)(C(=O)c1cc(O)c(O)c(O)c1)[C@](O)(C(=O)c1cc(O)c(O)c(O)c1)[C@@](O)(C(=O)c1cc(O)c(O)c(O)c1)[C@](O)(CO)C(=O)c1cc(O)c(O)c(O)c1. The number of carbonyl (C=O) groups excluding carboxylic acids is 6. The van der Waals surface area contributed by atoms with E-state index in [1.807, 2.05) is 0 Å². The number of benzene rings is 6. The normalized spacial score (nSPS) is 14.7. The lowest BCUT2D eigenvalue weighted by atomic mass is 9.50. The van der Waals surface area contributed by atoms with Crippen LogP contribution in [-0.4, -0.2) is 192 Å². The standard InChI is InChI=1S/C48H38O30/c49-13-44(74,38(68)14-1-20(50)32(62)21(51)2-14)46(76,41(71)17-7-26(56)35(65)27(57)8-17)48(78,43(73)19-11-30(60)37(67)31(61)12-19)47(77,42(72)18-9-28(58)36(66)29(59)10-18)45(75,39(69)15-3-22(52)33(63)23(53)4-15)40(70)16-5-24(54)34(64)25(55)6-16/h1-12,49-67,74-78H,13H2/t44-,46+,47+,48-/m0/s1. The summed E-state index contributed by atoms with van der Waals surface area (Å²) >= 11 is 0. The summed E-state index contributed by atoms with van der Waals surface area (Å²) in [6, 6.07) is -1.31. The van der Waals surface area contributed by atoms with Gasteiger partial charge in [0, 0.05) is 33.4 Å². The van der Waals surface area contributed by atoms with E-state index in [9.17, 15) is 127 Å². The second-order valence-electron chi connectivity index (χ2n) is 17.0. The number of phenolic OH excluding ortho intramolecular Hbond substituents is 18. The molecule has 0 aliphatic rings. The molecule has 78 heavy (non-hydrogen) atoms. The molecule has 4 atom stereocenters. The van der Waals surface area contributed by atoms with E-state index < -0.39 is 206 Å². The van der Waals surface area contributed by atoms with Gasteiger partial charge in [0.15, 0.2) is 109 Å². The molecule has 0 radical (unpaired) electrons. The van der Waals surface area contributed by atoms with Gasteiger partial charge in [-0.3, -0.25) is 28.8 Å². The lowest BCUT2D eigenvalue weighted by Gasteiger charge is -2.57. The minimum atomic E-state index is -6.30. The molecule has 0 saturated heterocycles. The first kappa shape index (κ1) is 56.8. The Morgan fingerprint density at radius 1 is 0.256 bits per heavy atom. The van der Waals surface area contributed by atoms with E-state index in [-0.39, 0.29) is 72.8 Å². The van der Waals surface area contributed by atoms with Crippen molar-refractivity contribution in [2.24, 2.45) is 0 Å². The highest BCUT2D eigenvalue weighted by molar-refractivity contribution is 6.31. The molecule has 0 heterocycles. The van der Waals surface area contributed by atoms with Crippen LogP contribution in [0.2, 0.25) is 0 Å². The smallest absolute Gasteiger partial charge is 0.230 e. The van der Waals surface area contributed by atoms with Crippen LogP contribution in [0.5, 0.6) is 103 Å². The molecule has 6 aromatic rings. The maximum absolute atomic E-state index is 15.9. The van der Waals surface area contributed by atoms with E-state index in [1.54, 1.807) is 0 Å². The summed E-state index contributed by atoms with van der Waals surface area (Å²) in [7, 11) is 0. The minimum Gasteiger partial charge on any atom is -0.504 e. The predicted molar refractivity (Wildman–Crippen MR) is 246 cm³/mol. The highest BCUT2D eigenvalue weighted by atomic mass is 16.5. The summed E-state index contributed by atoms with van der Waals surface area (Å²) < 4.78 is 0. The van der Waals surface area contributed by atoms with Crippen molar-refractivity contribution in [3.05, 3.63) is 106 Å². The number of phenols is 18. The molecule has 30 nitrogen and oxygen atoms in total. The van der Waals surface area contributed by atoms with Gasteiger partial charge >= 0.3 is 0 Å². The summed E-state index contributed by atoms with van der Waals surface area (Å²) in [4.78, 5) is 93.4. The Hall–Kier alpha value is -10.5. The second kappa shape index (κ2) is 19.0. The van der Waals surface area contributed by atoms with Crippen LogP contribution in [0, 0.1) is 0 Å². The second-order valence-corrected chi connectivity index (χ2v) is 17.0. The van der Waals surface area contributed by atoms with Gasteiger partial charge < -0.3 is 123 Å². The molecule has 6 rings (SSSR count). The molecule has 6 aromatic carbocycles. The first-order valence-electron chi connectivity index (χ1n) is 21.0. The van der Waals surface area contributed by atoms with Gasteiger partial charge in [-0.2, -0.15) is 0 Å². The first-order valence-corrected chi connectivity index (χ1v) is 21.0. The van der Waals surface area contributed by atoms with Gasteiger partial charge in [-0.05, 0) is 72.8 Å². The average Bonchev–Trinajstić information content (AvgIpc) is 3.39. The Kier molecular flexibility index (Phi) is 13.8. The van der Waals surface area contributed by atoms with E-state index in [2.05, 4.69) is 0 Å². The van der Waals surface area contributed by atoms with Crippen LogP contribution in [-0.2, 0) is 0 Å². The van der Waals surface area contributed by atoms with E-state index in [0.717, 1.165) is 0 Å². The van der Waals surface area contributed by atoms with Crippen LogP contribution in [0.25, 0.3) is 0 Å². The number of hydrogen-bond acceptors (Lipinski definition) is 30. The molecule has 0 aromatic heterocycles. The predicted octanol–water partition coefficient (Wildman–Crippen LogP) is -1.37. The molecule has 0 bridgehead atoms. The van der Waals surface area contributed by atoms with Gasteiger partial charge in [-0.15, -0.1) is 0 Å². The zero-order chi connectivity index (χ0) is 59.0. The summed E-state index contributed by atoms with van der Waals surface area (Å²) in [5.41, 5.74) is -40.7. The van der Waals surface area contributed by atoms with Crippen molar-refractivity contribution < 1.29 is 151 Å². The van der Waals surface area contributed by atoms with Crippen molar-refractivity contribution in [2.45, 2.75) is 28.0 Å². The fourth-order valence-corrected chi connectivity index (χ4v) is 8.31. The topological polar surface area (TPSA) is 588 Å². The van der Waals surface area contributed by atoms with Crippen LogP contribution in [0.1, 0.15) is 62.1 Å². The molecule has 0 fully saturated rings. The monoisotopic (exact) mass is 1090 g/mol. The largest absolute Gasteiger partial charge is 0.504 e. The molecule has 24 N–H and O–H groups in total. The van der Waals surface area contributed by atoms with Crippen molar-refractivity contribution in [3.8, 4) is 103 Å². The highest BCUT2D eigenvalue weighted by Crippen LogP contribution is 2.55. The summed E-state index contributed by atoms with van der Waals surface area (Å²) in [6.07, 6.45) is 0. The molecule has 0 unspecified atom stereocenters. The lowest BCUT2D eigenvalue weighted by molar-refractivity contribution is -0.256. The van der Waals surface area contributed by atoms with E-state index in [4.69, 9.17) is 0 Å².